The lowest BCUT2D eigenvalue weighted by atomic mass is 10.00. The summed E-state index contributed by atoms with van der Waals surface area (Å²) in [6.07, 6.45) is 0. The summed E-state index contributed by atoms with van der Waals surface area (Å²) in [5.41, 5.74) is 2.49. The number of benzene rings is 3. The van der Waals surface area contributed by atoms with E-state index in [2.05, 4.69) is 9.87 Å². The summed E-state index contributed by atoms with van der Waals surface area (Å²) >= 11 is 0. The molecular weight excluding hydrogens is 496 g/mol. The highest BCUT2D eigenvalue weighted by Crippen LogP contribution is 2.32. The van der Waals surface area contributed by atoms with Crippen LogP contribution in [0.5, 0.6) is 5.88 Å². The summed E-state index contributed by atoms with van der Waals surface area (Å²) < 4.78 is 25.0. The van der Waals surface area contributed by atoms with E-state index in [9.17, 15) is 23.4 Å². The Morgan fingerprint density at radius 3 is 2.38 bits per heavy atom. The zero-order valence-electron chi connectivity index (χ0n) is 20.2. The minimum absolute atomic E-state index is 0.00806. The van der Waals surface area contributed by atoms with Gasteiger partial charge in [0.1, 0.15) is 0 Å². The average Bonchev–Trinajstić information content (AvgIpc) is 3.20. The van der Waals surface area contributed by atoms with Gasteiger partial charge in [0.15, 0.2) is 5.88 Å². The fraction of sp³-hybridized carbons (Fsp3) is 0.154. The lowest BCUT2D eigenvalue weighted by Crippen LogP contribution is -2.28. The zero-order valence-corrected chi connectivity index (χ0v) is 21.0. The van der Waals surface area contributed by atoms with E-state index in [4.69, 9.17) is 9.83 Å². The smallest absolute Gasteiger partial charge is 0.335 e. The van der Waals surface area contributed by atoms with Crippen LogP contribution >= 0.6 is 0 Å². The van der Waals surface area contributed by atoms with Crippen molar-refractivity contribution in [3.8, 4) is 5.88 Å². The Morgan fingerprint density at radius 1 is 1.03 bits per heavy atom. The molecule has 10 nitrogen and oxygen atoms in total. The first-order chi connectivity index (χ1) is 17.7. The summed E-state index contributed by atoms with van der Waals surface area (Å²) in [4.78, 5) is 28.0. The average molecular weight is 523 g/mol. The van der Waals surface area contributed by atoms with Crippen molar-refractivity contribution in [3.63, 3.8) is 0 Å². The Balaban J connectivity index is 1.71. The molecular formula is C26H26N4O6S. The predicted octanol–water partition coefficient (Wildman–Crippen LogP) is 3.51. The summed E-state index contributed by atoms with van der Waals surface area (Å²) in [6, 6.07) is 19.6. The number of aromatic hydroxyl groups is 1. The predicted molar refractivity (Wildman–Crippen MR) is 140 cm³/mol. The molecule has 0 unspecified atom stereocenters. The molecule has 0 saturated carbocycles. The number of aromatic carboxylic acids is 1. The van der Waals surface area contributed by atoms with E-state index >= 15 is 0 Å². The molecule has 0 amide bonds. The number of fused-ring (bicyclic) bond motifs is 1. The highest BCUT2D eigenvalue weighted by atomic mass is 32.2. The minimum atomic E-state index is -3.88. The number of nitrogens with one attached hydrogen (secondary N) is 2. The monoisotopic (exact) mass is 522 g/mol. The van der Waals surface area contributed by atoms with Gasteiger partial charge in [-0.05, 0) is 50.5 Å². The van der Waals surface area contributed by atoms with Gasteiger partial charge in [-0.15, -0.1) is 0 Å². The molecule has 0 radical (unpaired) electrons. The number of carboxylic acid groups (broad SMARTS) is 1. The maximum Gasteiger partial charge on any atom is 0.335 e. The summed E-state index contributed by atoms with van der Waals surface area (Å²) in [6.45, 7) is 0.744. The molecule has 4 rings (SSSR count). The number of H-pyrrole nitrogens is 1. The number of hydrogen-bond acceptors (Lipinski definition) is 7. The van der Waals surface area contributed by atoms with Crippen LogP contribution in [0.4, 0.5) is 5.69 Å². The van der Waals surface area contributed by atoms with Crippen LogP contribution in [-0.2, 0) is 14.9 Å². The molecule has 0 fully saturated rings. The van der Waals surface area contributed by atoms with Gasteiger partial charge in [-0.3, -0.25) is 4.84 Å². The molecule has 192 valence electrons. The van der Waals surface area contributed by atoms with Crippen molar-refractivity contribution < 1.29 is 28.3 Å². The van der Waals surface area contributed by atoms with Crippen molar-refractivity contribution in [2.75, 3.05) is 27.2 Å². The summed E-state index contributed by atoms with van der Waals surface area (Å²) in [5, 5.41) is 20.7. The zero-order chi connectivity index (χ0) is 26.6. The van der Waals surface area contributed by atoms with Crippen molar-refractivity contribution in [1.82, 2.24) is 14.8 Å². The second-order valence-corrected chi connectivity index (χ2v) is 10.1. The van der Waals surface area contributed by atoms with Crippen LogP contribution in [-0.4, -0.2) is 67.4 Å². The second-order valence-electron chi connectivity index (χ2n) is 8.47. The Morgan fingerprint density at radius 2 is 1.73 bits per heavy atom. The molecule has 0 aliphatic heterocycles. The Bertz CT molecular complexity index is 1550. The van der Waals surface area contributed by atoms with Gasteiger partial charge in [0.2, 0.25) is 0 Å². The van der Waals surface area contributed by atoms with E-state index in [-0.39, 0.29) is 22.9 Å². The fourth-order valence-electron chi connectivity index (χ4n) is 3.64. The SMILES string of the molecule is CN(C)CCONS(=O)(=O)c1ccc(N=C(c2ccccc2)c2c(O)[nH]c3cc(C(=O)O)ccc23)cc1. The molecule has 4 aromatic rings. The fourth-order valence-corrected chi connectivity index (χ4v) is 4.47. The van der Waals surface area contributed by atoms with E-state index in [0.717, 1.165) is 0 Å². The molecule has 0 aliphatic rings. The van der Waals surface area contributed by atoms with E-state index in [1.165, 1.54) is 24.3 Å². The van der Waals surface area contributed by atoms with Crippen LogP contribution in [0.3, 0.4) is 0 Å². The summed E-state index contributed by atoms with van der Waals surface area (Å²) in [7, 11) is -0.175. The number of nitrogens with zero attached hydrogens (tertiary/aromatic N) is 2. The quantitative estimate of drug-likeness (QED) is 0.142. The number of carboxylic acids is 1. The van der Waals surface area contributed by atoms with Gasteiger partial charge in [-0.25, -0.2) is 18.2 Å². The maximum absolute atomic E-state index is 12.5. The topological polar surface area (TPSA) is 144 Å². The van der Waals surface area contributed by atoms with Gasteiger partial charge in [0.25, 0.3) is 10.0 Å². The van der Waals surface area contributed by atoms with Crippen LogP contribution in [0.2, 0.25) is 0 Å². The number of likely N-dealkylation sites (N-methyl/N-ethyl adjacent to an activating group) is 1. The normalized spacial score (nSPS) is 12.4. The van der Waals surface area contributed by atoms with Gasteiger partial charge < -0.3 is 20.1 Å². The van der Waals surface area contributed by atoms with Gasteiger partial charge in [0, 0.05) is 23.0 Å². The summed E-state index contributed by atoms with van der Waals surface area (Å²) in [5.74, 6) is -1.25. The van der Waals surface area contributed by atoms with Crippen molar-refractivity contribution >= 4 is 38.3 Å². The molecule has 1 aromatic heterocycles. The van der Waals surface area contributed by atoms with Crippen molar-refractivity contribution in [2.45, 2.75) is 4.90 Å². The molecule has 0 aliphatic carbocycles. The van der Waals surface area contributed by atoms with Crippen LogP contribution in [0, 0.1) is 0 Å². The maximum atomic E-state index is 12.5. The molecule has 37 heavy (non-hydrogen) atoms. The lowest BCUT2D eigenvalue weighted by molar-refractivity contribution is 0.0697. The Labute approximate surface area is 213 Å². The highest BCUT2D eigenvalue weighted by molar-refractivity contribution is 7.89. The van der Waals surface area contributed by atoms with Crippen molar-refractivity contribution in [3.05, 3.63) is 89.5 Å². The Hall–Kier alpha value is -4.03. The van der Waals surface area contributed by atoms with Crippen molar-refractivity contribution in [2.24, 2.45) is 4.99 Å². The van der Waals surface area contributed by atoms with Crippen LogP contribution in [0.25, 0.3) is 10.9 Å². The molecule has 1 heterocycles. The third kappa shape index (κ3) is 6.04. The van der Waals surface area contributed by atoms with Gasteiger partial charge >= 0.3 is 5.97 Å². The molecule has 11 heteroatoms. The van der Waals surface area contributed by atoms with Gasteiger partial charge in [-0.1, -0.05) is 41.3 Å². The third-order valence-electron chi connectivity index (χ3n) is 5.51. The molecule has 3 aromatic carbocycles. The molecule has 0 spiro atoms. The highest BCUT2D eigenvalue weighted by Gasteiger charge is 2.20. The third-order valence-corrected chi connectivity index (χ3v) is 6.74. The minimum Gasteiger partial charge on any atom is -0.494 e. The van der Waals surface area contributed by atoms with Gasteiger partial charge in [0.05, 0.1) is 34.0 Å². The number of aromatic amines is 1. The van der Waals surface area contributed by atoms with Crippen LogP contribution in [0.15, 0.2) is 82.7 Å². The lowest BCUT2D eigenvalue weighted by Gasteiger charge is -2.11. The molecule has 0 bridgehead atoms. The van der Waals surface area contributed by atoms with E-state index in [1.807, 2.05) is 49.3 Å². The van der Waals surface area contributed by atoms with E-state index in [0.29, 0.717) is 40.0 Å². The second kappa shape index (κ2) is 10.9. The molecule has 4 N–H and O–H groups in total. The first-order valence-corrected chi connectivity index (χ1v) is 12.7. The first kappa shape index (κ1) is 26.0. The molecule has 0 atom stereocenters. The van der Waals surface area contributed by atoms with Crippen molar-refractivity contribution in [1.29, 1.82) is 0 Å². The number of hydrogen-bond donors (Lipinski definition) is 4. The Kier molecular flexibility index (Phi) is 7.69. The van der Waals surface area contributed by atoms with E-state index in [1.54, 1.807) is 18.2 Å². The van der Waals surface area contributed by atoms with E-state index < -0.39 is 16.0 Å². The molecule has 0 saturated heterocycles. The first-order valence-electron chi connectivity index (χ1n) is 11.3. The number of carbonyl (C=O) groups is 1. The number of sulfonamides is 1. The van der Waals surface area contributed by atoms with Crippen LogP contribution in [0.1, 0.15) is 21.5 Å². The van der Waals surface area contributed by atoms with Gasteiger partial charge in [-0.2, -0.15) is 0 Å². The van der Waals surface area contributed by atoms with Crippen LogP contribution < -0.4 is 4.89 Å². The largest absolute Gasteiger partial charge is 0.494 e. The number of aromatic nitrogens is 1. The number of rotatable bonds is 10. The standard InChI is InChI=1S/C26H26N4O6S/c1-30(2)14-15-36-29-37(34,35)20-11-9-19(10-12-20)27-24(17-6-4-3-5-7-17)23-21-13-8-18(26(32)33)16-22(21)28-25(23)31/h3-13,16,28-29,31H,14-15H2,1-2H3,(H,32,33). The number of aliphatic imine (C=N–C) groups is 1.